The Morgan fingerprint density at radius 1 is 1.33 bits per heavy atom. The molecule has 1 heterocycles. The van der Waals surface area contributed by atoms with Crippen LogP contribution in [0.1, 0.15) is 24.2 Å². The van der Waals surface area contributed by atoms with E-state index in [2.05, 4.69) is 14.9 Å². The Morgan fingerprint density at radius 3 is 2.57 bits per heavy atom. The van der Waals surface area contributed by atoms with Crippen molar-refractivity contribution in [3.8, 4) is 11.3 Å². The van der Waals surface area contributed by atoms with Crippen molar-refractivity contribution in [3.05, 3.63) is 36.0 Å². The molecule has 1 aromatic carbocycles. The van der Waals surface area contributed by atoms with E-state index in [0.29, 0.717) is 11.3 Å². The van der Waals surface area contributed by atoms with Crippen molar-refractivity contribution in [3.63, 3.8) is 0 Å². The molecule has 21 heavy (non-hydrogen) atoms. The molecule has 1 aromatic heterocycles. The molecule has 0 amide bonds. The van der Waals surface area contributed by atoms with Crippen molar-refractivity contribution < 1.29 is 18.3 Å². The number of carboxylic acids is 1. The van der Waals surface area contributed by atoms with Gasteiger partial charge in [-0.1, -0.05) is 0 Å². The van der Waals surface area contributed by atoms with E-state index >= 15 is 0 Å². The molecule has 0 spiro atoms. The largest absolute Gasteiger partial charge is 0.478 e. The van der Waals surface area contributed by atoms with Crippen molar-refractivity contribution in [1.29, 1.82) is 0 Å². The molecule has 2 rings (SSSR count). The molecule has 2 aromatic rings. The second-order valence-electron chi connectivity index (χ2n) is 4.80. The molecule has 112 valence electrons. The lowest BCUT2D eigenvalue weighted by Gasteiger charge is -2.11. The van der Waals surface area contributed by atoms with Crippen LogP contribution in [0.15, 0.2) is 35.4 Å². The van der Waals surface area contributed by atoms with Gasteiger partial charge in [0.2, 0.25) is 10.0 Å². The number of hydrogen-bond donors (Lipinski definition) is 3. The maximum Gasteiger partial charge on any atom is 0.335 e. The average molecular weight is 309 g/mol. The average Bonchev–Trinajstić information content (AvgIpc) is 2.90. The molecular weight excluding hydrogens is 294 g/mol. The van der Waals surface area contributed by atoms with E-state index in [0.717, 1.165) is 6.07 Å². The molecule has 0 saturated carbocycles. The van der Waals surface area contributed by atoms with Crippen LogP contribution in [-0.4, -0.2) is 35.7 Å². The number of sulfonamides is 1. The molecular formula is C13H15N3O4S. The highest BCUT2D eigenvalue weighted by molar-refractivity contribution is 7.89. The molecule has 0 saturated heterocycles. The van der Waals surface area contributed by atoms with Crippen molar-refractivity contribution in [2.45, 2.75) is 24.8 Å². The monoisotopic (exact) mass is 309 g/mol. The number of carboxylic acid groups (broad SMARTS) is 1. The van der Waals surface area contributed by atoms with Gasteiger partial charge in [-0.3, -0.25) is 5.10 Å². The van der Waals surface area contributed by atoms with E-state index in [1.54, 1.807) is 19.9 Å². The number of aromatic nitrogens is 2. The summed E-state index contributed by atoms with van der Waals surface area (Å²) in [7, 11) is -3.78. The Labute approximate surface area is 122 Å². The summed E-state index contributed by atoms with van der Waals surface area (Å²) in [4.78, 5) is 11.1. The molecule has 0 radical (unpaired) electrons. The van der Waals surface area contributed by atoms with Crippen molar-refractivity contribution in [2.24, 2.45) is 0 Å². The Bertz CT molecular complexity index is 752. The van der Waals surface area contributed by atoms with Crippen LogP contribution in [0.5, 0.6) is 0 Å². The fourth-order valence-electron chi connectivity index (χ4n) is 1.83. The van der Waals surface area contributed by atoms with Gasteiger partial charge in [0, 0.05) is 17.8 Å². The van der Waals surface area contributed by atoms with Gasteiger partial charge in [-0.05, 0) is 38.1 Å². The Hall–Kier alpha value is -2.19. The molecule has 3 N–H and O–H groups in total. The van der Waals surface area contributed by atoms with Gasteiger partial charge in [-0.2, -0.15) is 5.10 Å². The summed E-state index contributed by atoms with van der Waals surface area (Å²) in [6.45, 7) is 3.38. The normalized spacial score (nSPS) is 11.8. The SMILES string of the molecule is CC(C)NS(=O)(=O)c1cc(C(=O)O)cc(-c2ccn[nH]2)c1. The summed E-state index contributed by atoms with van der Waals surface area (Å²) in [5.41, 5.74) is 0.877. The van der Waals surface area contributed by atoms with E-state index in [-0.39, 0.29) is 16.5 Å². The summed E-state index contributed by atoms with van der Waals surface area (Å²) in [5, 5.41) is 15.6. The zero-order chi connectivity index (χ0) is 15.6. The number of rotatable bonds is 5. The third-order valence-electron chi connectivity index (χ3n) is 2.67. The van der Waals surface area contributed by atoms with Gasteiger partial charge in [0.05, 0.1) is 16.2 Å². The summed E-state index contributed by atoms with van der Waals surface area (Å²) >= 11 is 0. The van der Waals surface area contributed by atoms with E-state index in [1.165, 1.54) is 18.3 Å². The van der Waals surface area contributed by atoms with Gasteiger partial charge in [-0.15, -0.1) is 0 Å². The first-order chi connectivity index (χ1) is 9.79. The lowest BCUT2D eigenvalue weighted by Crippen LogP contribution is -2.30. The third-order valence-corrected chi connectivity index (χ3v) is 4.30. The van der Waals surface area contributed by atoms with Crippen LogP contribution in [0.2, 0.25) is 0 Å². The van der Waals surface area contributed by atoms with Crippen LogP contribution in [0, 0.1) is 0 Å². The van der Waals surface area contributed by atoms with Gasteiger partial charge < -0.3 is 5.11 Å². The van der Waals surface area contributed by atoms with Gasteiger partial charge in [0.25, 0.3) is 0 Å². The number of nitrogens with one attached hydrogen (secondary N) is 2. The van der Waals surface area contributed by atoms with Crippen LogP contribution in [0.3, 0.4) is 0 Å². The van der Waals surface area contributed by atoms with Crippen LogP contribution < -0.4 is 4.72 Å². The van der Waals surface area contributed by atoms with Crippen LogP contribution in [-0.2, 0) is 10.0 Å². The molecule has 0 atom stereocenters. The molecule has 0 unspecified atom stereocenters. The Kier molecular flexibility index (Phi) is 4.10. The maximum atomic E-state index is 12.2. The lowest BCUT2D eigenvalue weighted by atomic mass is 10.1. The topological polar surface area (TPSA) is 112 Å². The van der Waals surface area contributed by atoms with Crippen molar-refractivity contribution in [2.75, 3.05) is 0 Å². The number of nitrogens with zero attached hydrogens (tertiary/aromatic N) is 1. The number of carbonyl (C=O) groups is 1. The molecule has 0 aliphatic carbocycles. The number of hydrogen-bond acceptors (Lipinski definition) is 4. The second kappa shape index (κ2) is 5.66. The second-order valence-corrected chi connectivity index (χ2v) is 6.51. The van der Waals surface area contributed by atoms with E-state index in [9.17, 15) is 13.2 Å². The minimum Gasteiger partial charge on any atom is -0.478 e. The first kappa shape index (κ1) is 15.2. The van der Waals surface area contributed by atoms with Crippen LogP contribution in [0.25, 0.3) is 11.3 Å². The zero-order valence-corrected chi connectivity index (χ0v) is 12.3. The van der Waals surface area contributed by atoms with E-state index in [4.69, 9.17) is 5.11 Å². The number of aromatic amines is 1. The highest BCUT2D eigenvalue weighted by Crippen LogP contribution is 2.23. The highest BCUT2D eigenvalue weighted by atomic mass is 32.2. The van der Waals surface area contributed by atoms with E-state index < -0.39 is 16.0 Å². The number of benzene rings is 1. The predicted molar refractivity (Wildman–Crippen MR) is 76.4 cm³/mol. The van der Waals surface area contributed by atoms with Gasteiger partial charge in [-0.25, -0.2) is 17.9 Å². The van der Waals surface area contributed by atoms with Crippen LogP contribution >= 0.6 is 0 Å². The van der Waals surface area contributed by atoms with Crippen molar-refractivity contribution >= 4 is 16.0 Å². The van der Waals surface area contributed by atoms with Crippen LogP contribution in [0.4, 0.5) is 0 Å². The van der Waals surface area contributed by atoms with Gasteiger partial charge in [0.15, 0.2) is 0 Å². The predicted octanol–water partition coefficient (Wildman–Crippen LogP) is 1.46. The fraction of sp³-hybridized carbons (Fsp3) is 0.231. The standard InChI is InChI=1S/C13H15N3O4S/c1-8(2)16-21(19,20)11-6-9(12-3-4-14-15-12)5-10(7-11)13(17)18/h3-8,16H,1-2H3,(H,14,15)(H,17,18). The fourth-order valence-corrected chi connectivity index (χ4v) is 3.15. The Morgan fingerprint density at radius 2 is 2.05 bits per heavy atom. The molecule has 0 aliphatic rings. The first-order valence-electron chi connectivity index (χ1n) is 6.20. The summed E-state index contributed by atoms with van der Waals surface area (Å²) < 4.78 is 26.8. The molecule has 0 aliphatic heterocycles. The lowest BCUT2D eigenvalue weighted by molar-refractivity contribution is 0.0696. The Balaban J connectivity index is 2.59. The molecule has 8 heteroatoms. The molecule has 7 nitrogen and oxygen atoms in total. The minimum absolute atomic E-state index is 0.0966. The summed E-state index contributed by atoms with van der Waals surface area (Å²) in [6, 6.07) is 5.27. The first-order valence-corrected chi connectivity index (χ1v) is 7.68. The summed E-state index contributed by atoms with van der Waals surface area (Å²) in [6.07, 6.45) is 1.50. The van der Waals surface area contributed by atoms with Gasteiger partial charge in [0.1, 0.15) is 0 Å². The zero-order valence-electron chi connectivity index (χ0n) is 11.5. The smallest absolute Gasteiger partial charge is 0.335 e. The van der Waals surface area contributed by atoms with E-state index in [1.807, 2.05) is 0 Å². The quantitative estimate of drug-likeness (QED) is 0.774. The number of aromatic carboxylic acids is 1. The number of H-pyrrole nitrogens is 1. The minimum atomic E-state index is -3.78. The van der Waals surface area contributed by atoms with Gasteiger partial charge >= 0.3 is 5.97 Å². The van der Waals surface area contributed by atoms with Crippen molar-refractivity contribution in [1.82, 2.24) is 14.9 Å². The summed E-state index contributed by atoms with van der Waals surface area (Å²) in [5.74, 6) is -1.20. The highest BCUT2D eigenvalue weighted by Gasteiger charge is 2.19. The molecule has 0 fully saturated rings. The third kappa shape index (κ3) is 3.47. The maximum absolute atomic E-state index is 12.2. The molecule has 0 bridgehead atoms.